The summed E-state index contributed by atoms with van der Waals surface area (Å²) < 4.78 is 0. The minimum atomic E-state index is -0.164. The topological polar surface area (TPSA) is 52.7 Å². The number of piperazine rings is 1. The van der Waals surface area contributed by atoms with E-state index >= 15 is 0 Å². The van der Waals surface area contributed by atoms with Gasteiger partial charge in [-0.3, -0.25) is 14.5 Å². The third-order valence-corrected chi connectivity index (χ3v) is 4.00. The molecule has 0 spiro atoms. The molecule has 5 heteroatoms. The van der Waals surface area contributed by atoms with E-state index in [2.05, 4.69) is 10.2 Å². The van der Waals surface area contributed by atoms with E-state index in [-0.39, 0.29) is 17.9 Å². The van der Waals surface area contributed by atoms with Crippen LogP contribution in [0.3, 0.4) is 0 Å². The van der Waals surface area contributed by atoms with Crippen molar-refractivity contribution < 1.29 is 9.59 Å². The molecule has 0 unspecified atom stereocenters. The molecule has 0 aliphatic carbocycles. The summed E-state index contributed by atoms with van der Waals surface area (Å²) in [4.78, 5) is 27.4. The maximum Gasteiger partial charge on any atom is 0.237 e. The van der Waals surface area contributed by atoms with Crippen LogP contribution in [0.15, 0.2) is 30.3 Å². The number of benzene rings is 1. The quantitative estimate of drug-likeness (QED) is 0.894. The number of hydrogen-bond donors (Lipinski definition) is 1. The van der Waals surface area contributed by atoms with Crippen LogP contribution in [-0.4, -0.2) is 53.8 Å². The summed E-state index contributed by atoms with van der Waals surface area (Å²) in [6, 6.07) is 9.72. The van der Waals surface area contributed by atoms with Crippen LogP contribution in [0.1, 0.15) is 19.4 Å². The average molecular weight is 289 g/mol. The molecule has 2 rings (SSSR count). The Hall–Kier alpha value is -1.88. The fraction of sp³-hybridized carbons (Fsp3) is 0.500. The second kappa shape index (κ2) is 7.22. The summed E-state index contributed by atoms with van der Waals surface area (Å²) in [6.45, 7) is 6.96. The molecule has 1 aromatic rings. The predicted octanol–water partition coefficient (Wildman–Crippen LogP) is 0.855. The molecule has 5 nitrogen and oxygen atoms in total. The van der Waals surface area contributed by atoms with E-state index in [1.54, 1.807) is 6.92 Å². The molecule has 0 saturated carbocycles. The summed E-state index contributed by atoms with van der Waals surface area (Å²) >= 11 is 0. The van der Waals surface area contributed by atoms with Crippen LogP contribution in [0, 0.1) is 0 Å². The van der Waals surface area contributed by atoms with Gasteiger partial charge in [0.15, 0.2) is 0 Å². The molecule has 0 aromatic heterocycles. The van der Waals surface area contributed by atoms with Crippen LogP contribution in [-0.2, 0) is 16.1 Å². The molecule has 1 fully saturated rings. The lowest BCUT2D eigenvalue weighted by Crippen LogP contribution is -2.54. The van der Waals surface area contributed by atoms with Crippen LogP contribution >= 0.6 is 0 Å². The fourth-order valence-corrected chi connectivity index (χ4v) is 2.52. The van der Waals surface area contributed by atoms with Crippen molar-refractivity contribution in [2.24, 2.45) is 0 Å². The zero-order valence-corrected chi connectivity index (χ0v) is 12.7. The standard InChI is InChI=1S/C16H23N3O2/c1-13(18-8-10-19(11-9-18)14(2)20)16(21)17-12-15-6-4-3-5-7-15/h3-7,13H,8-12H2,1-2H3,(H,17,21)/t13-/m0/s1. The normalized spacial score (nSPS) is 17.3. The summed E-state index contributed by atoms with van der Waals surface area (Å²) in [7, 11) is 0. The predicted molar refractivity (Wildman–Crippen MR) is 81.6 cm³/mol. The van der Waals surface area contributed by atoms with Crippen LogP contribution in [0.2, 0.25) is 0 Å². The van der Waals surface area contributed by atoms with Gasteiger partial charge in [0.1, 0.15) is 0 Å². The number of nitrogens with one attached hydrogen (secondary N) is 1. The molecule has 1 aromatic carbocycles. The first kappa shape index (κ1) is 15.5. The van der Waals surface area contributed by atoms with Gasteiger partial charge in [0, 0.05) is 39.6 Å². The number of nitrogens with zero attached hydrogens (tertiary/aromatic N) is 2. The lowest BCUT2D eigenvalue weighted by molar-refractivity contribution is -0.132. The highest BCUT2D eigenvalue weighted by molar-refractivity contribution is 5.81. The van der Waals surface area contributed by atoms with Crippen LogP contribution in [0.25, 0.3) is 0 Å². The smallest absolute Gasteiger partial charge is 0.237 e. The van der Waals surface area contributed by atoms with Gasteiger partial charge in [-0.2, -0.15) is 0 Å². The summed E-state index contributed by atoms with van der Waals surface area (Å²) in [5.74, 6) is 0.144. The maximum atomic E-state index is 12.2. The first-order chi connectivity index (χ1) is 10.1. The van der Waals surface area contributed by atoms with E-state index in [0.29, 0.717) is 19.6 Å². The number of rotatable bonds is 4. The van der Waals surface area contributed by atoms with Crippen molar-refractivity contribution in [2.75, 3.05) is 26.2 Å². The van der Waals surface area contributed by atoms with Gasteiger partial charge in [-0.1, -0.05) is 30.3 Å². The van der Waals surface area contributed by atoms with Crippen LogP contribution in [0.5, 0.6) is 0 Å². The van der Waals surface area contributed by atoms with Crippen molar-refractivity contribution in [2.45, 2.75) is 26.4 Å². The van der Waals surface area contributed by atoms with Gasteiger partial charge in [0.25, 0.3) is 0 Å². The van der Waals surface area contributed by atoms with E-state index in [4.69, 9.17) is 0 Å². The molecule has 1 heterocycles. The zero-order valence-electron chi connectivity index (χ0n) is 12.7. The Labute approximate surface area is 125 Å². The minimum Gasteiger partial charge on any atom is -0.351 e. The van der Waals surface area contributed by atoms with Gasteiger partial charge in [-0.25, -0.2) is 0 Å². The Morgan fingerprint density at radius 2 is 1.76 bits per heavy atom. The van der Waals surface area contributed by atoms with Gasteiger partial charge >= 0.3 is 0 Å². The van der Waals surface area contributed by atoms with Gasteiger partial charge in [0.05, 0.1) is 6.04 Å². The Balaban J connectivity index is 1.79. The maximum absolute atomic E-state index is 12.2. The Morgan fingerprint density at radius 1 is 1.14 bits per heavy atom. The second-order valence-electron chi connectivity index (χ2n) is 5.42. The van der Waals surface area contributed by atoms with Gasteiger partial charge in [0.2, 0.25) is 11.8 Å². The monoisotopic (exact) mass is 289 g/mol. The molecule has 21 heavy (non-hydrogen) atoms. The van der Waals surface area contributed by atoms with Crippen LogP contribution < -0.4 is 5.32 Å². The van der Waals surface area contributed by atoms with Crippen molar-refractivity contribution >= 4 is 11.8 Å². The highest BCUT2D eigenvalue weighted by atomic mass is 16.2. The lowest BCUT2D eigenvalue weighted by Gasteiger charge is -2.37. The number of carbonyl (C=O) groups is 2. The van der Waals surface area contributed by atoms with E-state index in [1.807, 2.05) is 42.2 Å². The zero-order chi connectivity index (χ0) is 15.2. The van der Waals surface area contributed by atoms with Crippen molar-refractivity contribution in [3.05, 3.63) is 35.9 Å². The third-order valence-electron chi connectivity index (χ3n) is 4.00. The van der Waals surface area contributed by atoms with E-state index in [9.17, 15) is 9.59 Å². The van der Waals surface area contributed by atoms with Crippen molar-refractivity contribution in [3.8, 4) is 0 Å². The third kappa shape index (κ3) is 4.29. The highest BCUT2D eigenvalue weighted by Crippen LogP contribution is 2.07. The molecule has 0 radical (unpaired) electrons. The first-order valence-electron chi connectivity index (χ1n) is 7.39. The largest absolute Gasteiger partial charge is 0.351 e. The summed E-state index contributed by atoms with van der Waals surface area (Å²) in [5, 5.41) is 2.97. The number of amides is 2. The second-order valence-corrected chi connectivity index (χ2v) is 5.42. The average Bonchev–Trinajstić information content (AvgIpc) is 2.53. The molecule has 1 aliphatic rings. The van der Waals surface area contributed by atoms with Crippen LogP contribution in [0.4, 0.5) is 0 Å². The molecule has 2 amide bonds. The molecule has 0 bridgehead atoms. The number of hydrogen-bond acceptors (Lipinski definition) is 3. The van der Waals surface area contributed by atoms with Crippen molar-refractivity contribution in [1.29, 1.82) is 0 Å². The summed E-state index contributed by atoms with van der Waals surface area (Å²) in [5.41, 5.74) is 1.10. The Kier molecular flexibility index (Phi) is 5.33. The Morgan fingerprint density at radius 3 is 2.33 bits per heavy atom. The number of carbonyl (C=O) groups excluding carboxylic acids is 2. The highest BCUT2D eigenvalue weighted by Gasteiger charge is 2.26. The minimum absolute atomic E-state index is 0.0372. The molecule has 114 valence electrons. The van der Waals surface area contributed by atoms with Gasteiger partial charge in [-0.15, -0.1) is 0 Å². The lowest BCUT2D eigenvalue weighted by atomic mass is 10.2. The summed E-state index contributed by atoms with van der Waals surface area (Å²) in [6.07, 6.45) is 0. The van der Waals surface area contributed by atoms with Crippen molar-refractivity contribution in [1.82, 2.24) is 15.1 Å². The van der Waals surface area contributed by atoms with E-state index < -0.39 is 0 Å². The van der Waals surface area contributed by atoms with E-state index in [1.165, 1.54) is 0 Å². The van der Waals surface area contributed by atoms with Gasteiger partial charge in [-0.05, 0) is 12.5 Å². The fourth-order valence-electron chi connectivity index (χ4n) is 2.52. The van der Waals surface area contributed by atoms with E-state index in [0.717, 1.165) is 18.7 Å². The SMILES string of the molecule is CC(=O)N1CCN([C@@H](C)C(=O)NCc2ccccc2)CC1. The van der Waals surface area contributed by atoms with Gasteiger partial charge < -0.3 is 10.2 Å². The molecular formula is C16H23N3O2. The van der Waals surface area contributed by atoms with Crippen molar-refractivity contribution in [3.63, 3.8) is 0 Å². The molecule has 1 aliphatic heterocycles. The molecular weight excluding hydrogens is 266 g/mol. The molecule has 1 N–H and O–H groups in total. The molecule has 1 saturated heterocycles. The molecule has 1 atom stereocenters. The Bertz CT molecular complexity index is 482. The first-order valence-corrected chi connectivity index (χ1v) is 7.39.